The van der Waals surface area contributed by atoms with Gasteiger partial charge in [0.15, 0.2) is 0 Å². The number of aromatic hydroxyl groups is 1. The van der Waals surface area contributed by atoms with E-state index in [9.17, 15) is 5.11 Å². The van der Waals surface area contributed by atoms with Gasteiger partial charge in [-0.3, -0.25) is 0 Å². The van der Waals surface area contributed by atoms with Crippen molar-refractivity contribution in [2.75, 3.05) is 9.80 Å². The van der Waals surface area contributed by atoms with E-state index in [1.807, 2.05) is 85.5 Å². The Morgan fingerprint density at radius 1 is 0.871 bits per heavy atom. The number of hydrogen-bond donors (Lipinski definition) is 1. The molecular formula is C25H20N4OPt. The molecule has 3 aromatic carbocycles. The van der Waals surface area contributed by atoms with Crippen LogP contribution in [0.2, 0.25) is 0 Å². The number of phenolic OH excluding ortho intramolecular Hbond substituents is 1. The monoisotopic (exact) mass is 587 g/mol. The molecule has 1 aromatic heterocycles. The van der Waals surface area contributed by atoms with Gasteiger partial charge in [0.25, 0.3) is 0 Å². The minimum Gasteiger partial charge on any atom is -0.506 e. The van der Waals surface area contributed by atoms with Crippen LogP contribution in [0.1, 0.15) is 5.69 Å². The van der Waals surface area contributed by atoms with Crippen LogP contribution in [0.5, 0.6) is 5.75 Å². The Bertz CT molecular complexity index is 1220. The summed E-state index contributed by atoms with van der Waals surface area (Å²) < 4.78 is 1.75. The van der Waals surface area contributed by atoms with E-state index in [1.54, 1.807) is 16.8 Å². The van der Waals surface area contributed by atoms with Crippen LogP contribution in [0.25, 0.3) is 16.9 Å². The molecule has 0 amide bonds. The van der Waals surface area contributed by atoms with Gasteiger partial charge in [-0.1, -0.05) is 42.1 Å². The zero-order valence-electron chi connectivity index (χ0n) is 16.8. The summed E-state index contributed by atoms with van der Waals surface area (Å²) in [5.41, 5.74) is 5.33. The molecule has 0 saturated heterocycles. The standard InChI is InChI=1S/C25H20N4O.Pt/c1-19-16-23(26-29(19)24-12-5-6-13-25(24)30)20-8-7-11-22(17-20)28-15-14-27(18-28)21-9-3-2-4-10-21;/h2-16,18,30H,1H3;/q-2;+2. The summed E-state index contributed by atoms with van der Waals surface area (Å²) in [5, 5.41) is 14.9. The molecule has 0 bridgehead atoms. The third-order valence-corrected chi connectivity index (χ3v) is 5.02. The van der Waals surface area contributed by atoms with Gasteiger partial charge in [0.2, 0.25) is 0 Å². The first-order chi connectivity index (χ1) is 14.7. The number of phenols is 1. The van der Waals surface area contributed by atoms with Crippen molar-refractivity contribution in [3.63, 3.8) is 0 Å². The normalized spacial score (nSPS) is 12.8. The van der Waals surface area contributed by atoms with Crippen LogP contribution in [0.3, 0.4) is 0 Å². The minimum absolute atomic E-state index is 0. The molecule has 1 N–H and O–H groups in total. The summed E-state index contributed by atoms with van der Waals surface area (Å²) >= 11 is 0. The van der Waals surface area contributed by atoms with Crippen LogP contribution in [0, 0.1) is 19.7 Å². The molecule has 31 heavy (non-hydrogen) atoms. The first-order valence-electron chi connectivity index (χ1n) is 9.72. The molecule has 0 saturated carbocycles. The van der Waals surface area contributed by atoms with E-state index in [-0.39, 0.29) is 26.8 Å². The van der Waals surface area contributed by atoms with Crippen molar-refractivity contribution in [2.45, 2.75) is 6.92 Å². The van der Waals surface area contributed by atoms with E-state index in [0.29, 0.717) is 5.69 Å². The molecule has 1 aliphatic rings. The maximum atomic E-state index is 10.2. The number of rotatable bonds is 4. The third-order valence-electron chi connectivity index (χ3n) is 5.02. The van der Waals surface area contributed by atoms with Gasteiger partial charge in [-0.05, 0) is 43.6 Å². The Morgan fingerprint density at radius 2 is 1.61 bits per heavy atom. The van der Waals surface area contributed by atoms with E-state index in [4.69, 9.17) is 5.10 Å². The third kappa shape index (κ3) is 4.14. The average molecular weight is 588 g/mol. The zero-order chi connectivity index (χ0) is 20.5. The van der Waals surface area contributed by atoms with Gasteiger partial charge in [0, 0.05) is 17.1 Å². The Hall–Kier alpha value is -3.30. The quantitative estimate of drug-likeness (QED) is 0.331. The summed E-state index contributed by atoms with van der Waals surface area (Å²) in [7, 11) is 0. The Kier molecular flexibility index (Phi) is 5.96. The summed E-state index contributed by atoms with van der Waals surface area (Å²) in [6.45, 7) is 4.00. The summed E-state index contributed by atoms with van der Waals surface area (Å²) in [5.74, 6) is 0.200. The number of benzene rings is 3. The first kappa shape index (κ1) is 21.0. The number of aromatic nitrogens is 2. The fourth-order valence-electron chi connectivity index (χ4n) is 3.50. The van der Waals surface area contributed by atoms with Crippen molar-refractivity contribution in [3.05, 3.63) is 110 Å². The molecule has 0 unspecified atom stereocenters. The first-order valence-corrected chi connectivity index (χ1v) is 9.72. The number of anilines is 2. The van der Waals surface area contributed by atoms with E-state index >= 15 is 0 Å². The number of nitrogens with zero attached hydrogens (tertiary/aromatic N) is 4. The molecule has 1 aliphatic heterocycles. The molecule has 0 radical (unpaired) electrons. The SMILES string of the molecule is Cc1cc(-c2[c-]c(N3C=CN(c4ccccc4)[CH-]3)ccc2)nn1-c1ccccc1O.[Pt+2]. The van der Waals surface area contributed by atoms with Crippen LogP contribution in [0.4, 0.5) is 11.4 Å². The van der Waals surface area contributed by atoms with Gasteiger partial charge in [-0.15, -0.1) is 36.5 Å². The van der Waals surface area contributed by atoms with Crippen molar-refractivity contribution in [3.8, 4) is 22.7 Å². The number of hydrogen-bond acceptors (Lipinski definition) is 4. The molecule has 0 atom stereocenters. The van der Waals surface area contributed by atoms with Gasteiger partial charge >= 0.3 is 21.1 Å². The zero-order valence-corrected chi connectivity index (χ0v) is 19.1. The van der Waals surface area contributed by atoms with Crippen LogP contribution in [-0.2, 0) is 21.1 Å². The fourth-order valence-corrected chi connectivity index (χ4v) is 3.50. The maximum Gasteiger partial charge on any atom is 2.00 e. The molecule has 0 spiro atoms. The van der Waals surface area contributed by atoms with Crippen molar-refractivity contribution in [2.24, 2.45) is 0 Å². The molecule has 0 aliphatic carbocycles. The summed E-state index contributed by atoms with van der Waals surface area (Å²) in [6.07, 6.45) is 4.03. The predicted octanol–water partition coefficient (Wildman–Crippen LogP) is 5.27. The predicted molar refractivity (Wildman–Crippen MR) is 119 cm³/mol. The van der Waals surface area contributed by atoms with Crippen LogP contribution in [-0.4, -0.2) is 14.9 Å². The fraction of sp³-hybridized carbons (Fsp3) is 0.0400. The maximum absolute atomic E-state index is 10.2. The topological polar surface area (TPSA) is 44.5 Å². The van der Waals surface area contributed by atoms with Crippen LogP contribution in [0.15, 0.2) is 91.3 Å². The second-order valence-electron chi connectivity index (χ2n) is 7.08. The Morgan fingerprint density at radius 3 is 2.42 bits per heavy atom. The van der Waals surface area contributed by atoms with Crippen molar-refractivity contribution >= 4 is 11.4 Å². The van der Waals surface area contributed by atoms with Gasteiger partial charge in [0.1, 0.15) is 11.4 Å². The molecular weight excluding hydrogens is 567 g/mol. The molecule has 156 valence electrons. The van der Waals surface area contributed by atoms with Crippen molar-refractivity contribution in [1.82, 2.24) is 9.78 Å². The van der Waals surface area contributed by atoms with Gasteiger partial charge in [-0.25, -0.2) is 9.78 Å². The molecule has 5 nitrogen and oxygen atoms in total. The summed E-state index contributed by atoms with van der Waals surface area (Å²) in [4.78, 5) is 4.10. The number of para-hydroxylation sites is 3. The van der Waals surface area contributed by atoms with Crippen molar-refractivity contribution in [1.29, 1.82) is 0 Å². The molecule has 2 heterocycles. The van der Waals surface area contributed by atoms with E-state index in [0.717, 1.165) is 28.3 Å². The second kappa shape index (κ2) is 8.82. The second-order valence-corrected chi connectivity index (χ2v) is 7.08. The molecule has 4 aromatic rings. The molecule has 6 heteroatoms. The average Bonchev–Trinajstić information content (AvgIpc) is 3.42. The minimum atomic E-state index is 0. The largest absolute Gasteiger partial charge is 2.00 e. The Labute approximate surface area is 196 Å². The van der Waals surface area contributed by atoms with Crippen LogP contribution < -0.4 is 9.80 Å². The van der Waals surface area contributed by atoms with Gasteiger partial charge in [-0.2, -0.15) is 0 Å². The summed E-state index contributed by atoms with van der Waals surface area (Å²) in [6, 6.07) is 28.9. The van der Waals surface area contributed by atoms with E-state index in [2.05, 4.69) is 23.1 Å². The van der Waals surface area contributed by atoms with Gasteiger partial charge < -0.3 is 14.9 Å². The van der Waals surface area contributed by atoms with Gasteiger partial charge in [0.05, 0.1) is 0 Å². The molecule has 0 fully saturated rings. The van der Waals surface area contributed by atoms with Crippen molar-refractivity contribution < 1.29 is 26.2 Å². The van der Waals surface area contributed by atoms with Crippen LogP contribution >= 0.6 is 0 Å². The van der Waals surface area contributed by atoms with E-state index < -0.39 is 0 Å². The Balaban J connectivity index is 0.00000231. The number of aryl methyl sites for hydroxylation is 1. The van der Waals surface area contributed by atoms with E-state index in [1.165, 1.54) is 0 Å². The smallest absolute Gasteiger partial charge is 0.506 e. The molecule has 5 rings (SSSR count).